The number of aromatic nitrogens is 2. The van der Waals surface area contributed by atoms with Crippen LogP contribution in [0.5, 0.6) is 0 Å². The van der Waals surface area contributed by atoms with Crippen LogP contribution in [0.4, 0.5) is 10.5 Å². The minimum absolute atomic E-state index is 0.196. The van der Waals surface area contributed by atoms with E-state index in [1.54, 1.807) is 0 Å². The molecule has 0 radical (unpaired) electrons. The van der Waals surface area contributed by atoms with Crippen LogP contribution in [0, 0.1) is 13.8 Å². The molecule has 2 heterocycles. The van der Waals surface area contributed by atoms with Crippen molar-refractivity contribution < 1.29 is 9.53 Å². The SMILES string of the molecule is Cc1cc(C)n(-c2cccc(NC(=O)NCC[C@H]3CCCO3)c2)n1. The van der Waals surface area contributed by atoms with E-state index >= 15 is 0 Å². The summed E-state index contributed by atoms with van der Waals surface area (Å²) in [4.78, 5) is 12.0. The zero-order valence-corrected chi connectivity index (χ0v) is 14.2. The standard InChI is InChI=1S/C18H24N4O2/c1-13-11-14(2)22(21-13)16-6-3-5-15(12-16)20-18(23)19-9-8-17-7-4-10-24-17/h3,5-6,11-12,17H,4,7-10H2,1-2H3,(H2,19,20,23)/t17-/m1/s1. The van der Waals surface area contributed by atoms with E-state index in [1.165, 1.54) is 0 Å². The van der Waals surface area contributed by atoms with Crippen molar-refractivity contribution in [1.29, 1.82) is 0 Å². The highest BCUT2D eigenvalue weighted by molar-refractivity contribution is 5.89. The largest absolute Gasteiger partial charge is 0.378 e. The number of aryl methyl sites for hydroxylation is 2. The topological polar surface area (TPSA) is 68.2 Å². The van der Waals surface area contributed by atoms with E-state index in [4.69, 9.17) is 4.74 Å². The molecule has 3 rings (SSSR count). The molecule has 2 amide bonds. The molecular formula is C18H24N4O2. The summed E-state index contributed by atoms with van der Waals surface area (Å²) in [5, 5.41) is 10.2. The van der Waals surface area contributed by atoms with Gasteiger partial charge < -0.3 is 15.4 Å². The molecule has 1 atom stereocenters. The Labute approximate surface area is 142 Å². The van der Waals surface area contributed by atoms with Gasteiger partial charge in [-0.25, -0.2) is 9.48 Å². The lowest BCUT2D eigenvalue weighted by molar-refractivity contribution is 0.105. The smallest absolute Gasteiger partial charge is 0.319 e. The Hall–Kier alpha value is -2.34. The van der Waals surface area contributed by atoms with E-state index in [2.05, 4.69) is 15.7 Å². The lowest BCUT2D eigenvalue weighted by Crippen LogP contribution is -2.31. The molecule has 1 aromatic heterocycles. The van der Waals surface area contributed by atoms with Crippen molar-refractivity contribution >= 4 is 11.7 Å². The fraction of sp³-hybridized carbons (Fsp3) is 0.444. The predicted octanol–water partition coefficient (Wildman–Crippen LogP) is 3.18. The second-order valence-electron chi connectivity index (χ2n) is 6.19. The fourth-order valence-electron chi connectivity index (χ4n) is 3.00. The number of rotatable bonds is 5. The number of carbonyl (C=O) groups is 1. The Morgan fingerprint density at radius 1 is 1.38 bits per heavy atom. The molecule has 0 bridgehead atoms. The first-order valence-electron chi connectivity index (χ1n) is 8.42. The Morgan fingerprint density at radius 3 is 2.96 bits per heavy atom. The van der Waals surface area contributed by atoms with Gasteiger partial charge >= 0.3 is 6.03 Å². The molecule has 0 aliphatic carbocycles. The van der Waals surface area contributed by atoms with Crippen LogP contribution in [0.3, 0.4) is 0 Å². The third kappa shape index (κ3) is 4.14. The highest BCUT2D eigenvalue weighted by atomic mass is 16.5. The van der Waals surface area contributed by atoms with E-state index < -0.39 is 0 Å². The molecular weight excluding hydrogens is 304 g/mol. The van der Waals surface area contributed by atoms with Gasteiger partial charge in [0.15, 0.2) is 0 Å². The number of hydrogen-bond donors (Lipinski definition) is 2. The lowest BCUT2D eigenvalue weighted by Gasteiger charge is -2.12. The van der Waals surface area contributed by atoms with Crippen LogP contribution in [0.15, 0.2) is 30.3 Å². The van der Waals surface area contributed by atoms with Crippen LogP contribution in [0.2, 0.25) is 0 Å². The summed E-state index contributed by atoms with van der Waals surface area (Å²) in [5.41, 5.74) is 3.70. The van der Waals surface area contributed by atoms with Gasteiger partial charge in [0.2, 0.25) is 0 Å². The molecule has 6 heteroatoms. The van der Waals surface area contributed by atoms with Crippen LogP contribution in [0.25, 0.3) is 5.69 Å². The highest BCUT2D eigenvalue weighted by Gasteiger charge is 2.15. The summed E-state index contributed by atoms with van der Waals surface area (Å²) < 4.78 is 7.42. The molecule has 1 aliphatic rings. The number of hydrogen-bond acceptors (Lipinski definition) is 3. The third-order valence-electron chi connectivity index (χ3n) is 4.13. The van der Waals surface area contributed by atoms with Crippen molar-refractivity contribution in [1.82, 2.24) is 15.1 Å². The van der Waals surface area contributed by atoms with E-state index in [0.717, 1.165) is 48.6 Å². The number of ether oxygens (including phenoxy) is 1. The average molecular weight is 328 g/mol. The Morgan fingerprint density at radius 2 is 2.25 bits per heavy atom. The second-order valence-corrected chi connectivity index (χ2v) is 6.19. The molecule has 1 saturated heterocycles. The number of nitrogens with zero attached hydrogens (tertiary/aromatic N) is 2. The molecule has 128 valence electrons. The monoisotopic (exact) mass is 328 g/mol. The Bertz CT molecular complexity index is 705. The molecule has 1 aromatic carbocycles. The van der Waals surface area contributed by atoms with Crippen LogP contribution in [-0.2, 0) is 4.74 Å². The number of benzene rings is 1. The summed E-state index contributed by atoms with van der Waals surface area (Å²) in [6.07, 6.45) is 3.36. The van der Waals surface area contributed by atoms with Crippen molar-refractivity contribution in [3.63, 3.8) is 0 Å². The van der Waals surface area contributed by atoms with E-state index in [-0.39, 0.29) is 6.03 Å². The molecule has 1 fully saturated rings. The Kier molecular flexibility index (Phi) is 5.15. The minimum Gasteiger partial charge on any atom is -0.378 e. The first-order chi connectivity index (χ1) is 11.6. The maximum atomic E-state index is 12.0. The maximum absolute atomic E-state index is 12.0. The lowest BCUT2D eigenvalue weighted by atomic mass is 10.2. The fourth-order valence-corrected chi connectivity index (χ4v) is 3.00. The van der Waals surface area contributed by atoms with Crippen molar-refractivity contribution in [2.45, 2.75) is 39.2 Å². The van der Waals surface area contributed by atoms with Gasteiger partial charge in [-0.05, 0) is 57.4 Å². The number of nitrogens with one attached hydrogen (secondary N) is 2. The van der Waals surface area contributed by atoms with Crippen molar-refractivity contribution in [3.05, 3.63) is 41.7 Å². The summed E-state index contributed by atoms with van der Waals surface area (Å²) in [5.74, 6) is 0. The molecule has 2 aromatic rings. The van der Waals surface area contributed by atoms with Crippen LogP contribution >= 0.6 is 0 Å². The molecule has 1 aliphatic heterocycles. The van der Waals surface area contributed by atoms with Gasteiger partial charge in [0.25, 0.3) is 0 Å². The molecule has 0 unspecified atom stereocenters. The number of amides is 2. The summed E-state index contributed by atoms with van der Waals surface area (Å²) in [6, 6.07) is 9.50. The molecule has 0 spiro atoms. The minimum atomic E-state index is -0.196. The average Bonchev–Trinajstić information content (AvgIpc) is 3.17. The van der Waals surface area contributed by atoms with Gasteiger partial charge in [-0.15, -0.1) is 0 Å². The highest BCUT2D eigenvalue weighted by Crippen LogP contribution is 2.17. The Balaban J connectivity index is 1.56. The van der Waals surface area contributed by atoms with Gasteiger partial charge in [0.1, 0.15) is 0 Å². The van der Waals surface area contributed by atoms with Crippen molar-refractivity contribution in [2.75, 3.05) is 18.5 Å². The molecule has 6 nitrogen and oxygen atoms in total. The zero-order chi connectivity index (χ0) is 16.9. The molecule has 2 N–H and O–H groups in total. The van der Waals surface area contributed by atoms with Crippen LogP contribution < -0.4 is 10.6 Å². The zero-order valence-electron chi connectivity index (χ0n) is 14.2. The van der Waals surface area contributed by atoms with Gasteiger partial charge in [0.05, 0.1) is 17.5 Å². The normalized spacial score (nSPS) is 17.0. The quantitative estimate of drug-likeness (QED) is 0.886. The van der Waals surface area contributed by atoms with E-state index in [9.17, 15) is 4.79 Å². The van der Waals surface area contributed by atoms with E-state index in [1.807, 2.05) is 48.9 Å². The molecule has 0 saturated carbocycles. The third-order valence-corrected chi connectivity index (χ3v) is 4.13. The first kappa shape index (κ1) is 16.5. The summed E-state index contributed by atoms with van der Waals surface area (Å²) >= 11 is 0. The van der Waals surface area contributed by atoms with E-state index in [0.29, 0.717) is 12.6 Å². The van der Waals surface area contributed by atoms with Crippen molar-refractivity contribution in [3.8, 4) is 5.69 Å². The summed E-state index contributed by atoms with van der Waals surface area (Å²) in [6.45, 7) is 5.44. The van der Waals surface area contributed by atoms with Crippen LogP contribution in [0.1, 0.15) is 30.7 Å². The molecule has 24 heavy (non-hydrogen) atoms. The number of urea groups is 1. The maximum Gasteiger partial charge on any atom is 0.319 e. The second kappa shape index (κ2) is 7.49. The van der Waals surface area contributed by atoms with Gasteiger partial charge in [-0.1, -0.05) is 6.07 Å². The first-order valence-corrected chi connectivity index (χ1v) is 8.42. The van der Waals surface area contributed by atoms with Gasteiger partial charge in [-0.2, -0.15) is 5.10 Å². The van der Waals surface area contributed by atoms with Gasteiger partial charge in [-0.3, -0.25) is 0 Å². The number of anilines is 1. The predicted molar refractivity (Wildman–Crippen MR) is 93.7 cm³/mol. The number of carbonyl (C=O) groups excluding carboxylic acids is 1. The summed E-state index contributed by atoms with van der Waals surface area (Å²) in [7, 11) is 0. The van der Waals surface area contributed by atoms with Crippen LogP contribution in [-0.4, -0.2) is 35.1 Å². The van der Waals surface area contributed by atoms with Gasteiger partial charge in [0, 0.05) is 24.5 Å². The van der Waals surface area contributed by atoms with Crippen molar-refractivity contribution in [2.24, 2.45) is 0 Å².